The Balaban J connectivity index is 1.48. The van der Waals surface area contributed by atoms with Gasteiger partial charge in [-0.1, -0.05) is 41.9 Å². The molecule has 0 aliphatic heterocycles. The molecule has 1 heterocycles. The molecule has 1 amide bonds. The quantitative estimate of drug-likeness (QED) is 0.435. The van der Waals surface area contributed by atoms with E-state index in [1.165, 1.54) is 0 Å². The first-order valence-corrected chi connectivity index (χ1v) is 9.61. The molecule has 0 saturated carbocycles. The van der Waals surface area contributed by atoms with Crippen LogP contribution in [0.3, 0.4) is 0 Å². The first-order chi connectivity index (χ1) is 14.1. The van der Waals surface area contributed by atoms with Crippen LogP contribution in [0.4, 0.5) is 5.69 Å². The minimum Gasteiger partial charge on any atom is -0.445 e. The lowest BCUT2D eigenvalue weighted by molar-refractivity contribution is -0.115. The van der Waals surface area contributed by atoms with Crippen molar-refractivity contribution in [3.8, 4) is 22.6 Å². The van der Waals surface area contributed by atoms with Gasteiger partial charge in [0.1, 0.15) is 6.26 Å². The molecule has 1 aromatic heterocycles. The second-order valence-corrected chi connectivity index (χ2v) is 7.23. The SMILES string of the molecule is Cc1ccc(-c2ncco2)cc1-c1ccc(NC(=O)Cc2ccc(Cl)cc2)cc1. The van der Waals surface area contributed by atoms with Gasteiger partial charge in [0.2, 0.25) is 11.8 Å². The normalized spacial score (nSPS) is 10.7. The first-order valence-electron chi connectivity index (χ1n) is 9.24. The van der Waals surface area contributed by atoms with Crippen LogP contribution in [0.25, 0.3) is 22.6 Å². The van der Waals surface area contributed by atoms with Crippen LogP contribution in [0.5, 0.6) is 0 Å². The molecule has 144 valence electrons. The minimum absolute atomic E-state index is 0.0675. The number of aryl methyl sites for hydroxylation is 1. The van der Waals surface area contributed by atoms with Gasteiger partial charge in [0, 0.05) is 16.3 Å². The average molecular weight is 403 g/mol. The molecule has 0 aliphatic carbocycles. The molecule has 0 radical (unpaired) electrons. The van der Waals surface area contributed by atoms with Crippen molar-refractivity contribution in [3.05, 3.63) is 95.3 Å². The van der Waals surface area contributed by atoms with Gasteiger partial charge in [-0.05, 0) is 65.6 Å². The Hall–Kier alpha value is -3.37. The van der Waals surface area contributed by atoms with Crippen LogP contribution < -0.4 is 5.32 Å². The number of nitrogens with one attached hydrogen (secondary N) is 1. The molecule has 1 N–H and O–H groups in total. The van der Waals surface area contributed by atoms with Gasteiger partial charge in [-0.15, -0.1) is 0 Å². The second kappa shape index (κ2) is 8.33. The van der Waals surface area contributed by atoms with Crippen molar-refractivity contribution in [2.24, 2.45) is 0 Å². The highest BCUT2D eigenvalue weighted by Gasteiger charge is 2.09. The van der Waals surface area contributed by atoms with E-state index in [2.05, 4.69) is 29.4 Å². The molecule has 4 aromatic rings. The van der Waals surface area contributed by atoms with Crippen molar-refractivity contribution in [1.29, 1.82) is 0 Å². The topological polar surface area (TPSA) is 55.1 Å². The molecule has 29 heavy (non-hydrogen) atoms. The van der Waals surface area contributed by atoms with E-state index in [9.17, 15) is 4.79 Å². The van der Waals surface area contributed by atoms with Crippen LogP contribution in [-0.2, 0) is 11.2 Å². The van der Waals surface area contributed by atoms with Crippen molar-refractivity contribution in [1.82, 2.24) is 4.98 Å². The van der Waals surface area contributed by atoms with Gasteiger partial charge in [-0.2, -0.15) is 0 Å². The summed E-state index contributed by atoms with van der Waals surface area (Å²) in [6, 6.07) is 21.2. The number of halogens is 1. The third kappa shape index (κ3) is 4.55. The summed E-state index contributed by atoms with van der Waals surface area (Å²) >= 11 is 5.88. The summed E-state index contributed by atoms with van der Waals surface area (Å²) in [5.74, 6) is 0.527. The Labute approximate surface area is 174 Å². The summed E-state index contributed by atoms with van der Waals surface area (Å²) < 4.78 is 5.40. The number of benzene rings is 3. The number of anilines is 1. The van der Waals surface area contributed by atoms with Crippen molar-refractivity contribution >= 4 is 23.2 Å². The minimum atomic E-state index is -0.0675. The summed E-state index contributed by atoms with van der Waals surface area (Å²) in [6.07, 6.45) is 3.50. The summed E-state index contributed by atoms with van der Waals surface area (Å²) in [7, 11) is 0. The zero-order valence-corrected chi connectivity index (χ0v) is 16.6. The molecular formula is C24H19ClN2O2. The predicted octanol–water partition coefficient (Wildman–Crippen LogP) is 6.15. The first kappa shape index (κ1) is 19.0. The Bertz CT molecular complexity index is 1120. The predicted molar refractivity (Wildman–Crippen MR) is 116 cm³/mol. The molecule has 5 heteroatoms. The van der Waals surface area contributed by atoms with Crippen LogP contribution in [0.1, 0.15) is 11.1 Å². The molecule has 0 unspecified atom stereocenters. The van der Waals surface area contributed by atoms with E-state index >= 15 is 0 Å². The van der Waals surface area contributed by atoms with E-state index in [4.69, 9.17) is 16.0 Å². The number of nitrogens with zero attached hydrogens (tertiary/aromatic N) is 1. The molecule has 4 nitrogen and oxygen atoms in total. The van der Waals surface area contributed by atoms with E-state index < -0.39 is 0 Å². The van der Waals surface area contributed by atoms with Gasteiger partial charge in [0.25, 0.3) is 0 Å². The van der Waals surface area contributed by atoms with E-state index in [1.54, 1.807) is 24.6 Å². The standard InChI is InChI=1S/C24H19ClN2O2/c1-16-2-5-19(24-26-12-13-29-24)15-22(16)18-6-10-21(11-7-18)27-23(28)14-17-3-8-20(25)9-4-17/h2-13,15H,14H2,1H3,(H,27,28). The van der Waals surface area contributed by atoms with Crippen molar-refractivity contribution < 1.29 is 9.21 Å². The number of rotatable bonds is 5. The van der Waals surface area contributed by atoms with Gasteiger partial charge in [-0.3, -0.25) is 4.79 Å². The van der Waals surface area contributed by atoms with Crippen LogP contribution in [0.2, 0.25) is 5.02 Å². The number of hydrogen-bond donors (Lipinski definition) is 1. The third-order valence-corrected chi connectivity index (χ3v) is 4.93. The maximum Gasteiger partial charge on any atom is 0.228 e. The fourth-order valence-electron chi connectivity index (χ4n) is 3.16. The number of carbonyl (C=O) groups is 1. The number of oxazole rings is 1. The zero-order chi connectivity index (χ0) is 20.2. The smallest absolute Gasteiger partial charge is 0.228 e. The van der Waals surface area contributed by atoms with Crippen molar-refractivity contribution in [3.63, 3.8) is 0 Å². The van der Waals surface area contributed by atoms with E-state index in [0.717, 1.165) is 33.5 Å². The van der Waals surface area contributed by atoms with Gasteiger partial charge in [0.15, 0.2) is 0 Å². The Morgan fingerprint density at radius 3 is 2.41 bits per heavy atom. The van der Waals surface area contributed by atoms with E-state index in [-0.39, 0.29) is 5.91 Å². The van der Waals surface area contributed by atoms with Crippen LogP contribution in [0.15, 0.2) is 83.6 Å². The number of amides is 1. The Morgan fingerprint density at radius 2 is 1.72 bits per heavy atom. The Kier molecular flexibility index (Phi) is 5.45. The molecule has 4 rings (SSSR count). The molecule has 0 saturated heterocycles. The monoisotopic (exact) mass is 402 g/mol. The van der Waals surface area contributed by atoms with E-state index in [1.807, 2.05) is 42.5 Å². The number of hydrogen-bond acceptors (Lipinski definition) is 3. The van der Waals surface area contributed by atoms with Gasteiger partial charge in [0.05, 0.1) is 12.6 Å². The van der Waals surface area contributed by atoms with Crippen LogP contribution in [-0.4, -0.2) is 10.9 Å². The lowest BCUT2D eigenvalue weighted by atomic mass is 9.98. The molecule has 0 bridgehead atoms. The number of aromatic nitrogens is 1. The lowest BCUT2D eigenvalue weighted by Crippen LogP contribution is -2.14. The fraction of sp³-hybridized carbons (Fsp3) is 0.0833. The van der Waals surface area contributed by atoms with Crippen LogP contribution >= 0.6 is 11.6 Å². The maximum absolute atomic E-state index is 12.3. The Morgan fingerprint density at radius 1 is 1.00 bits per heavy atom. The zero-order valence-electron chi connectivity index (χ0n) is 15.9. The van der Waals surface area contributed by atoms with E-state index in [0.29, 0.717) is 17.3 Å². The van der Waals surface area contributed by atoms with Crippen molar-refractivity contribution in [2.45, 2.75) is 13.3 Å². The molecule has 0 fully saturated rings. The van der Waals surface area contributed by atoms with Crippen LogP contribution in [0, 0.1) is 6.92 Å². The summed E-state index contributed by atoms with van der Waals surface area (Å²) in [5.41, 5.74) is 5.92. The summed E-state index contributed by atoms with van der Waals surface area (Å²) in [5, 5.41) is 3.59. The van der Waals surface area contributed by atoms with Gasteiger partial charge >= 0.3 is 0 Å². The molecule has 3 aromatic carbocycles. The molecule has 0 spiro atoms. The van der Waals surface area contributed by atoms with Crippen molar-refractivity contribution in [2.75, 3.05) is 5.32 Å². The summed E-state index contributed by atoms with van der Waals surface area (Å²) in [6.45, 7) is 2.07. The second-order valence-electron chi connectivity index (χ2n) is 6.80. The molecule has 0 atom stereocenters. The highest BCUT2D eigenvalue weighted by Crippen LogP contribution is 2.29. The maximum atomic E-state index is 12.3. The highest BCUT2D eigenvalue weighted by atomic mass is 35.5. The molecule has 0 aliphatic rings. The van der Waals surface area contributed by atoms with Gasteiger partial charge in [-0.25, -0.2) is 4.98 Å². The summed E-state index contributed by atoms with van der Waals surface area (Å²) in [4.78, 5) is 16.5. The third-order valence-electron chi connectivity index (χ3n) is 4.67. The fourth-order valence-corrected chi connectivity index (χ4v) is 3.28. The van der Waals surface area contributed by atoms with Gasteiger partial charge < -0.3 is 9.73 Å². The lowest BCUT2D eigenvalue weighted by Gasteiger charge is -2.10. The molecular weight excluding hydrogens is 384 g/mol. The average Bonchev–Trinajstić information content (AvgIpc) is 3.26. The number of carbonyl (C=O) groups excluding carboxylic acids is 1. The highest BCUT2D eigenvalue weighted by molar-refractivity contribution is 6.30. The largest absolute Gasteiger partial charge is 0.445 e.